The minimum atomic E-state index is -1.59. The predicted molar refractivity (Wildman–Crippen MR) is 55.8 cm³/mol. The van der Waals surface area contributed by atoms with E-state index in [-0.39, 0.29) is 6.42 Å². The monoisotopic (exact) mass is 204 g/mol. The molecule has 0 radical (unpaired) electrons. The molecule has 0 spiro atoms. The summed E-state index contributed by atoms with van der Waals surface area (Å²) < 4.78 is 4.47. The van der Waals surface area contributed by atoms with Crippen molar-refractivity contribution in [3.8, 4) is 12.3 Å². The number of rotatable bonds is 3. The zero-order valence-corrected chi connectivity index (χ0v) is 8.43. The van der Waals surface area contributed by atoms with Gasteiger partial charge >= 0.3 is 5.97 Å². The second-order valence-corrected chi connectivity index (χ2v) is 3.12. The van der Waals surface area contributed by atoms with E-state index in [2.05, 4.69) is 10.7 Å². The van der Waals surface area contributed by atoms with Gasteiger partial charge in [0, 0.05) is 0 Å². The third-order valence-corrected chi connectivity index (χ3v) is 2.12. The molecule has 0 saturated heterocycles. The van der Waals surface area contributed by atoms with Gasteiger partial charge in [-0.3, -0.25) is 4.79 Å². The van der Waals surface area contributed by atoms with Gasteiger partial charge in [0.05, 0.1) is 13.5 Å². The molecule has 0 aliphatic heterocycles. The maximum atomic E-state index is 11.1. The first-order valence-electron chi connectivity index (χ1n) is 4.45. The number of benzene rings is 1. The van der Waals surface area contributed by atoms with Gasteiger partial charge in [0.25, 0.3) is 0 Å². The fraction of sp³-hybridized carbons (Fsp3) is 0.250. The van der Waals surface area contributed by atoms with Crippen LogP contribution < -0.4 is 0 Å². The maximum absolute atomic E-state index is 11.1. The topological polar surface area (TPSA) is 46.5 Å². The largest absolute Gasteiger partial charge is 0.469 e. The van der Waals surface area contributed by atoms with Crippen molar-refractivity contribution in [2.45, 2.75) is 12.0 Å². The van der Waals surface area contributed by atoms with Gasteiger partial charge in [0.15, 0.2) is 5.60 Å². The predicted octanol–water partition coefficient (Wildman–Crippen LogP) is 1.07. The summed E-state index contributed by atoms with van der Waals surface area (Å²) in [5, 5.41) is 10.1. The molecule has 0 aliphatic rings. The number of esters is 1. The van der Waals surface area contributed by atoms with Crippen molar-refractivity contribution in [2.75, 3.05) is 7.11 Å². The first kappa shape index (κ1) is 11.3. The fourth-order valence-corrected chi connectivity index (χ4v) is 1.23. The van der Waals surface area contributed by atoms with Crippen molar-refractivity contribution in [3.63, 3.8) is 0 Å². The van der Waals surface area contributed by atoms with Gasteiger partial charge in [-0.1, -0.05) is 36.3 Å². The second-order valence-electron chi connectivity index (χ2n) is 3.12. The minimum Gasteiger partial charge on any atom is -0.469 e. The molecule has 0 amide bonds. The summed E-state index contributed by atoms with van der Waals surface area (Å²) in [6.07, 6.45) is 4.99. The first-order valence-corrected chi connectivity index (χ1v) is 4.45. The standard InChI is InChI=1S/C12H12O3/c1-3-12(14,9-11(13)15-2)10-7-5-4-6-8-10/h1,4-8,14H,9H2,2H3/t12-/m0/s1. The number of hydrogen-bond donors (Lipinski definition) is 1. The van der Waals surface area contributed by atoms with E-state index in [0.717, 1.165) is 0 Å². The minimum absolute atomic E-state index is 0.246. The summed E-state index contributed by atoms with van der Waals surface area (Å²) in [6, 6.07) is 8.63. The lowest BCUT2D eigenvalue weighted by Crippen LogP contribution is -2.27. The normalized spacial score (nSPS) is 13.7. The third-order valence-electron chi connectivity index (χ3n) is 2.12. The van der Waals surface area contributed by atoms with Crippen molar-refractivity contribution < 1.29 is 14.6 Å². The molecule has 3 nitrogen and oxygen atoms in total. The highest BCUT2D eigenvalue weighted by Gasteiger charge is 2.30. The SMILES string of the molecule is C#C[C@](O)(CC(=O)OC)c1ccccc1. The molecular formula is C12H12O3. The van der Waals surface area contributed by atoms with E-state index in [4.69, 9.17) is 6.42 Å². The van der Waals surface area contributed by atoms with Gasteiger partial charge < -0.3 is 9.84 Å². The van der Waals surface area contributed by atoms with Crippen LogP contribution in [0.1, 0.15) is 12.0 Å². The lowest BCUT2D eigenvalue weighted by molar-refractivity contribution is -0.144. The zero-order valence-electron chi connectivity index (χ0n) is 8.43. The fourth-order valence-electron chi connectivity index (χ4n) is 1.23. The molecule has 1 N–H and O–H groups in total. The van der Waals surface area contributed by atoms with Gasteiger partial charge in [-0.15, -0.1) is 6.42 Å². The van der Waals surface area contributed by atoms with Gasteiger partial charge in [-0.05, 0) is 5.56 Å². The molecule has 1 atom stereocenters. The van der Waals surface area contributed by atoms with Crippen LogP contribution in [0.5, 0.6) is 0 Å². The van der Waals surface area contributed by atoms with Gasteiger partial charge in [0.1, 0.15) is 0 Å². The van der Waals surface area contributed by atoms with Crippen LogP contribution in [0.3, 0.4) is 0 Å². The van der Waals surface area contributed by atoms with Crippen molar-refractivity contribution in [2.24, 2.45) is 0 Å². The Labute approximate surface area is 88.7 Å². The van der Waals surface area contributed by atoms with E-state index in [1.807, 2.05) is 0 Å². The molecule has 3 heteroatoms. The molecule has 0 aromatic heterocycles. The summed E-state index contributed by atoms with van der Waals surface area (Å²) in [6.45, 7) is 0. The molecule has 0 saturated carbocycles. The van der Waals surface area contributed by atoms with Crippen molar-refractivity contribution in [3.05, 3.63) is 35.9 Å². The van der Waals surface area contributed by atoms with Crippen LogP contribution >= 0.6 is 0 Å². The van der Waals surface area contributed by atoms with E-state index in [0.29, 0.717) is 5.56 Å². The quantitative estimate of drug-likeness (QED) is 0.591. The van der Waals surface area contributed by atoms with Crippen LogP contribution in [-0.4, -0.2) is 18.2 Å². The van der Waals surface area contributed by atoms with Crippen LogP contribution in [0, 0.1) is 12.3 Å². The maximum Gasteiger partial charge on any atom is 0.309 e. The van der Waals surface area contributed by atoms with Gasteiger partial charge in [-0.2, -0.15) is 0 Å². The summed E-state index contributed by atoms with van der Waals surface area (Å²) in [4.78, 5) is 11.1. The van der Waals surface area contributed by atoms with Crippen LogP contribution in [0.2, 0.25) is 0 Å². The van der Waals surface area contributed by atoms with Crippen LogP contribution in [0.15, 0.2) is 30.3 Å². The Morgan fingerprint density at radius 1 is 1.53 bits per heavy atom. The van der Waals surface area contributed by atoms with Crippen LogP contribution in [0.25, 0.3) is 0 Å². The average Bonchev–Trinajstić information content (AvgIpc) is 2.30. The molecule has 1 rings (SSSR count). The zero-order chi connectivity index (χ0) is 11.3. The lowest BCUT2D eigenvalue weighted by Gasteiger charge is -2.20. The van der Waals surface area contributed by atoms with E-state index in [1.54, 1.807) is 30.3 Å². The van der Waals surface area contributed by atoms with Crippen molar-refractivity contribution in [1.29, 1.82) is 0 Å². The molecule has 78 valence electrons. The Kier molecular flexibility index (Phi) is 3.48. The summed E-state index contributed by atoms with van der Waals surface area (Å²) in [7, 11) is 1.25. The van der Waals surface area contributed by atoms with Gasteiger partial charge in [-0.25, -0.2) is 0 Å². The first-order chi connectivity index (χ1) is 7.12. The van der Waals surface area contributed by atoms with E-state index < -0.39 is 11.6 Å². The van der Waals surface area contributed by atoms with Crippen molar-refractivity contribution >= 4 is 5.97 Å². The third kappa shape index (κ3) is 2.58. The van der Waals surface area contributed by atoms with Crippen molar-refractivity contribution in [1.82, 2.24) is 0 Å². The van der Waals surface area contributed by atoms with E-state index in [1.165, 1.54) is 7.11 Å². The number of carbonyl (C=O) groups is 1. The Balaban J connectivity index is 2.97. The number of carbonyl (C=O) groups excluding carboxylic acids is 1. The Hall–Kier alpha value is -1.79. The average molecular weight is 204 g/mol. The number of methoxy groups -OCH3 is 1. The van der Waals surface area contributed by atoms with E-state index >= 15 is 0 Å². The highest BCUT2D eigenvalue weighted by Crippen LogP contribution is 2.24. The van der Waals surface area contributed by atoms with Gasteiger partial charge in [0.2, 0.25) is 0 Å². The lowest BCUT2D eigenvalue weighted by atomic mass is 9.91. The highest BCUT2D eigenvalue weighted by atomic mass is 16.5. The smallest absolute Gasteiger partial charge is 0.309 e. The molecule has 1 aromatic carbocycles. The summed E-state index contributed by atoms with van der Waals surface area (Å²) in [5.74, 6) is 1.67. The molecule has 0 fully saturated rings. The van der Waals surface area contributed by atoms with E-state index in [9.17, 15) is 9.90 Å². The number of aliphatic hydroxyl groups is 1. The molecule has 1 aromatic rings. The number of hydrogen-bond acceptors (Lipinski definition) is 3. The Morgan fingerprint density at radius 3 is 2.60 bits per heavy atom. The highest BCUT2D eigenvalue weighted by molar-refractivity contribution is 5.71. The molecule has 0 bridgehead atoms. The molecule has 15 heavy (non-hydrogen) atoms. The Morgan fingerprint density at radius 2 is 2.13 bits per heavy atom. The Bertz CT molecular complexity index is 378. The molecule has 0 aliphatic carbocycles. The molecule has 0 unspecified atom stereocenters. The summed E-state index contributed by atoms with van der Waals surface area (Å²) >= 11 is 0. The van der Waals surface area contributed by atoms with Crippen LogP contribution in [0.4, 0.5) is 0 Å². The van der Waals surface area contributed by atoms with Crippen LogP contribution in [-0.2, 0) is 15.1 Å². The number of terminal acetylenes is 1. The number of ether oxygens (including phenoxy) is 1. The molecule has 0 heterocycles. The molecular weight excluding hydrogens is 192 g/mol. The second kappa shape index (κ2) is 4.63. The summed E-state index contributed by atoms with van der Waals surface area (Å²) in [5.41, 5.74) is -1.08.